The summed E-state index contributed by atoms with van der Waals surface area (Å²) in [6, 6.07) is 9.33. The Morgan fingerprint density at radius 1 is 1.12 bits per heavy atom. The van der Waals surface area contributed by atoms with E-state index in [-0.39, 0.29) is 0 Å². The first-order chi connectivity index (χ1) is 8.38. The molecule has 1 heterocycles. The summed E-state index contributed by atoms with van der Waals surface area (Å²) >= 11 is 0. The standard InChI is InChI=1S/C12H14N4O/c13-6-9-17-11-4-2-10(3-5-11)16-12-14-7-1-8-15-12/h1-5,7-8H,6,9,13H2,(H,14,15,16). The third-order valence-electron chi connectivity index (χ3n) is 2.06. The number of nitrogens with one attached hydrogen (secondary N) is 1. The van der Waals surface area contributed by atoms with Gasteiger partial charge in [-0.1, -0.05) is 0 Å². The molecule has 0 bridgehead atoms. The molecule has 88 valence electrons. The first kappa shape index (κ1) is 11.3. The van der Waals surface area contributed by atoms with Crippen molar-refractivity contribution in [3.63, 3.8) is 0 Å². The minimum absolute atomic E-state index is 0.512. The van der Waals surface area contributed by atoms with E-state index in [2.05, 4.69) is 15.3 Å². The highest BCUT2D eigenvalue weighted by Gasteiger charge is 1.97. The van der Waals surface area contributed by atoms with Crippen LogP contribution in [0, 0.1) is 0 Å². The molecule has 0 aliphatic carbocycles. The van der Waals surface area contributed by atoms with Crippen LogP contribution in [0.2, 0.25) is 0 Å². The van der Waals surface area contributed by atoms with E-state index >= 15 is 0 Å². The minimum atomic E-state index is 0.512. The summed E-state index contributed by atoms with van der Waals surface area (Å²) in [5.74, 6) is 1.37. The zero-order valence-corrected chi connectivity index (χ0v) is 9.34. The van der Waals surface area contributed by atoms with Gasteiger partial charge < -0.3 is 15.8 Å². The molecule has 0 saturated carbocycles. The van der Waals surface area contributed by atoms with E-state index in [9.17, 15) is 0 Å². The molecule has 0 radical (unpaired) electrons. The number of nitrogens with two attached hydrogens (primary N) is 1. The molecule has 3 N–H and O–H groups in total. The van der Waals surface area contributed by atoms with E-state index in [1.807, 2.05) is 24.3 Å². The van der Waals surface area contributed by atoms with Crippen molar-refractivity contribution in [2.45, 2.75) is 0 Å². The summed E-state index contributed by atoms with van der Waals surface area (Å²) in [5, 5.41) is 3.08. The van der Waals surface area contributed by atoms with E-state index in [0.29, 0.717) is 19.1 Å². The lowest BCUT2D eigenvalue weighted by molar-refractivity contribution is 0.328. The largest absolute Gasteiger partial charge is 0.492 e. The van der Waals surface area contributed by atoms with Crippen molar-refractivity contribution in [1.29, 1.82) is 0 Å². The number of anilines is 2. The maximum Gasteiger partial charge on any atom is 0.227 e. The van der Waals surface area contributed by atoms with E-state index < -0.39 is 0 Å². The van der Waals surface area contributed by atoms with Crippen molar-refractivity contribution in [2.75, 3.05) is 18.5 Å². The van der Waals surface area contributed by atoms with Crippen LogP contribution in [0.4, 0.5) is 11.6 Å². The highest BCUT2D eigenvalue weighted by Crippen LogP contribution is 2.17. The number of aromatic nitrogens is 2. The highest BCUT2D eigenvalue weighted by molar-refractivity contribution is 5.54. The second kappa shape index (κ2) is 5.81. The SMILES string of the molecule is NCCOc1ccc(Nc2ncccn2)cc1. The normalized spacial score (nSPS) is 9.94. The molecule has 0 aliphatic rings. The van der Waals surface area contributed by atoms with Crippen molar-refractivity contribution in [1.82, 2.24) is 9.97 Å². The van der Waals surface area contributed by atoms with Crippen molar-refractivity contribution in [3.05, 3.63) is 42.7 Å². The Hall–Kier alpha value is -2.14. The summed E-state index contributed by atoms with van der Waals surface area (Å²) in [4.78, 5) is 8.15. The summed E-state index contributed by atoms with van der Waals surface area (Å²) in [6.07, 6.45) is 3.38. The monoisotopic (exact) mass is 230 g/mol. The Morgan fingerprint density at radius 3 is 2.47 bits per heavy atom. The van der Waals surface area contributed by atoms with Crippen LogP contribution < -0.4 is 15.8 Å². The van der Waals surface area contributed by atoms with Crippen LogP contribution in [-0.4, -0.2) is 23.1 Å². The molecule has 0 fully saturated rings. The van der Waals surface area contributed by atoms with Gasteiger partial charge in [-0.2, -0.15) is 0 Å². The molecule has 5 nitrogen and oxygen atoms in total. The second-order valence-electron chi connectivity index (χ2n) is 3.36. The van der Waals surface area contributed by atoms with Crippen molar-refractivity contribution >= 4 is 11.6 Å². The van der Waals surface area contributed by atoms with Crippen LogP contribution in [0.25, 0.3) is 0 Å². The molecule has 0 aliphatic heterocycles. The van der Waals surface area contributed by atoms with Crippen molar-refractivity contribution in [2.24, 2.45) is 5.73 Å². The van der Waals surface area contributed by atoms with Crippen LogP contribution in [0.5, 0.6) is 5.75 Å². The highest BCUT2D eigenvalue weighted by atomic mass is 16.5. The fourth-order valence-corrected chi connectivity index (χ4v) is 1.30. The molecule has 0 unspecified atom stereocenters. The lowest BCUT2D eigenvalue weighted by Gasteiger charge is -2.06. The zero-order chi connectivity index (χ0) is 11.9. The average molecular weight is 230 g/mol. The van der Waals surface area contributed by atoms with E-state index in [1.165, 1.54) is 0 Å². The number of hydrogen-bond donors (Lipinski definition) is 2. The molecule has 0 spiro atoms. The molecule has 1 aromatic heterocycles. The number of benzene rings is 1. The smallest absolute Gasteiger partial charge is 0.227 e. The van der Waals surface area contributed by atoms with Gasteiger partial charge >= 0.3 is 0 Å². The van der Waals surface area contributed by atoms with Gasteiger partial charge in [0.05, 0.1) is 0 Å². The van der Waals surface area contributed by atoms with Gasteiger partial charge in [0.1, 0.15) is 12.4 Å². The molecular weight excluding hydrogens is 216 g/mol. The van der Waals surface area contributed by atoms with E-state index in [0.717, 1.165) is 11.4 Å². The van der Waals surface area contributed by atoms with Crippen molar-refractivity contribution < 1.29 is 4.74 Å². The first-order valence-corrected chi connectivity index (χ1v) is 5.35. The molecule has 2 aromatic rings. The second-order valence-corrected chi connectivity index (χ2v) is 3.36. The Labute approximate surface area is 99.7 Å². The van der Waals surface area contributed by atoms with Crippen LogP contribution in [0.1, 0.15) is 0 Å². The molecule has 17 heavy (non-hydrogen) atoms. The first-order valence-electron chi connectivity index (χ1n) is 5.35. The lowest BCUT2D eigenvalue weighted by Crippen LogP contribution is -2.10. The number of rotatable bonds is 5. The summed E-state index contributed by atoms with van der Waals surface area (Å²) < 4.78 is 5.38. The average Bonchev–Trinajstić information content (AvgIpc) is 2.39. The molecule has 0 amide bonds. The molecule has 2 rings (SSSR count). The fraction of sp³-hybridized carbons (Fsp3) is 0.167. The van der Waals surface area contributed by atoms with Crippen LogP contribution in [0.3, 0.4) is 0 Å². The van der Waals surface area contributed by atoms with Crippen LogP contribution in [0.15, 0.2) is 42.7 Å². The van der Waals surface area contributed by atoms with Gasteiger partial charge in [-0.25, -0.2) is 9.97 Å². The third-order valence-corrected chi connectivity index (χ3v) is 2.06. The predicted octanol–water partition coefficient (Wildman–Crippen LogP) is 1.56. The maximum atomic E-state index is 5.38. The van der Waals surface area contributed by atoms with Gasteiger partial charge in [0.15, 0.2) is 0 Å². The van der Waals surface area contributed by atoms with Gasteiger partial charge in [0.2, 0.25) is 5.95 Å². The quantitative estimate of drug-likeness (QED) is 0.815. The van der Waals surface area contributed by atoms with Gasteiger partial charge in [-0.3, -0.25) is 0 Å². The lowest BCUT2D eigenvalue weighted by atomic mass is 10.3. The van der Waals surface area contributed by atoms with E-state index in [1.54, 1.807) is 18.5 Å². The molecule has 0 atom stereocenters. The number of nitrogens with zero attached hydrogens (tertiary/aromatic N) is 2. The molecule has 1 aromatic carbocycles. The number of ether oxygens (including phenoxy) is 1. The third kappa shape index (κ3) is 3.42. The van der Waals surface area contributed by atoms with Crippen LogP contribution >= 0.6 is 0 Å². The number of hydrogen-bond acceptors (Lipinski definition) is 5. The fourth-order valence-electron chi connectivity index (χ4n) is 1.30. The topological polar surface area (TPSA) is 73.1 Å². The molecule has 0 saturated heterocycles. The van der Waals surface area contributed by atoms with Crippen molar-refractivity contribution in [3.8, 4) is 5.75 Å². The Kier molecular flexibility index (Phi) is 3.88. The van der Waals surface area contributed by atoms with Gasteiger partial charge in [0, 0.05) is 24.6 Å². The molecule has 5 heteroatoms. The summed E-state index contributed by atoms with van der Waals surface area (Å²) in [7, 11) is 0. The summed E-state index contributed by atoms with van der Waals surface area (Å²) in [6.45, 7) is 1.03. The Bertz CT molecular complexity index is 444. The van der Waals surface area contributed by atoms with Gasteiger partial charge in [0.25, 0.3) is 0 Å². The minimum Gasteiger partial charge on any atom is -0.492 e. The Morgan fingerprint density at radius 2 is 1.82 bits per heavy atom. The van der Waals surface area contributed by atoms with E-state index in [4.69, 9.17) is 10.5 Å². The Balaban J connectivity index is 1.98. The van der Waals surface area contributed by atoms with Crippen LogP contribution in [-0.2, 0) is 0 Å². The summed E-state index contributed by atoms with van der Waals surface area (Å²) in [5.41, 5.74) is 6.27. The molecular formula is C12H14N4O. The maximum absolute atomic E-state index is 5.38. The van der Waals surface area contributed by atoms with Gasteiger partial charge in [-0.05, 0) is 30.3 Å². The predicted molar refractivity (Wildman–Crippen MR) is 66.3 cm³/mol. The van der Waals surface area contributed by atoms with Gasteiger partial charge in [-0.15, -0.1) is 0 Å². The zero-order valence-electron chi connectivity index (χ0n) is 9.34.